The second-order valence-corrected chi connectivity index (χ2v) is 6.19. The summed E-state index contributed by atoms with van der Waals surface area (Å²) in [4.78, 5) is 15.2. The first-order chi connectivity index (χ1) is 8.53. The van der Waals surface area contributed by atoms with E-state index in [1.165, 1.54) is 11.3 Å². The number of nitrogens with zero attached hydrogens (tertiary/aromatic N) is 1. The van der Waals surface area contributed by atoms with Crippen LogP contribution in [0.1, 0.15) is 48.3 Å². The Hall–Kier alpha value is -0.870. The molecule has 100 valence electrons. The lowest BCUT2D eigenvalue weighted by Crippen LogP contribution is -2.33. The fraction of sp³-hybridized carbons (Fsp3) is 0.643. The molecule has 0 saturated carbocycles. The Balaban J connectivity index is 2.10. The minimum atomic E-state index is -0.613. The van der Waals surface area contributed by atoms with Gasteiger partial charge in [0, 0.05) is 13.1 Å². The maximum Gasteiger partial charge on any atom is 0.264 e. The van der Waals surface area contributed by atoms with Crippen LogP contribution in [0.15, 0.2) is 11.4 Å². The molecule has 1 N–H and O–H groups in total. The van der Waals surface area contributed by atoms with E-state index in [1.54, 1.807) is 0 Å². The van der Waals surface area contributed by atoms with Gasteiger partial charge in [0.25, 0.3) is 5.91 Å². The van der Waals surface area contributed by atoms with E-state index in [4.69, 9.17) is 0 Å². The van der Waals surface area contributed by atoms with Crippen molar-refractivity contribution in [2.24, 2.45) is 0 Å². The summed E-state index contributed by atoms with van der Waals surface area (Å²) in [6, 6.07) is 2.03. The Morgan fingerprint density at radius 3 is 3.00 bits per heavy atom. The fourth-order valence-corrected chi connectivity index (χ4v) is 3.37. The third kappa shape index (κ3) is 2.93. The quantitative estimate of drug-likeness (QED) is 0.895. The third-order valence-corrected chi connectivity index (χ3v) is 4.62. The van der Waals surface area contributed by atoms with Crippen LogP contribution in [0, 0.1) is 0 Å². The number of aryl methyl sites for hydroxylation is 1. The maximum atomic E-state index is 12.5. The van der Waals surface area contributed by atoms with Crippen molar-refractivity contribution in [1.82, 2.24) is 4.90 Å². The summed E-state index contributed by atoms with van der Waals surface area (Å²) in [6.45, 7) is 5.36. The van der Waals surface area contributed by atoms with Crippen molar-refractivity contribution in [2.45, 2.75) is 45.1 Å². The largest absolute Gasteiger partial charge is 0.390 e. The lowest BCUT2D eigenvalue weighted by atomic mass is 9.98. The predicted molar refractivity (Wildman–Crippen MR) is 74.1 cm³/mol. The number of rotatable bonds is 2. The topological polar surface area (TPSA) is 40.5 Å². The van der Waals surface area contributed by atoms with Crippen molar-refractivity contribution in [3.05, 3.63) is 21.9 Å². The van der Waals surface area contributed by atoms with Crippen molar-refractivity contribution >= 4 is 17.2 Å². The van der Waals surface area contributed by atoms with Crippen LogP contribution >= 0.6 is 11.3 Å². The van der Waals surface area contributed by atoms with E-state index in [-0.39, 0.29) is 5.91 Å². The molecule has 1 saturated heterocycles. The van der Waals surface area contributed by atoms with Gasteiger partial charge in [-0.25, -0.2) is 0 Å². The number of carbonyl (C=O) groups is 1. The van der Waals surface area contributed by atoms with Gasteiger partial charge >= 0.3 is 0 Å². The molecule has 1 aliphatic rings. The van der Waals surface area contributed by atoms with E-state index in [0.29, 0.717) is 13.0 Å². The molecule has 2 heterocycles. The standard InChI is InChI=1S/C14H21NO2S/c1-3-11-5-10-18-12(11)13(16)15-8-4-6-14(2,17)7-9-15/h5,10,17H,3-4,6-9H2,1-2H3. The van der Waals surface area contributed by atoms with E-state index in [9.17, 15) is 9.90 Å². The Morgan fingerprint density at radius 2 is 2.28 bits per heavy atom. The molecule has 1 atom stereocenters. The Kier molecular flexibility index (Phi) is 4.07. The fourth-order valence-electron chi connectivity index (χ4n) is 2.41. The van der Waals surface area contributed by atoms with Gasteiger partial charge in [0.15, 0.2) is 0 Å². The van der Waals surface area contributed by atoms with E-state index < -0.39 is 5.60 Å². The summed E-state index contributed by atoms with van der Waals surface area (Å²) in [7, 11) is 0. The van der Waals surface area contributed by atoms with Crippen LogP contribution in [0.4, 0.5) is 0 Å². The highest BCUT2D eigenvalue weighted by atomic mass is 32.1. The third-order valence-electron chi connectivity index (χ3n) is 3.67. The first-order valence-electron chi connectivity index (χ1n) is 6.61. The second kappa shape index (κ2) is 5.41. The molecule has 1 unspecified atom stereocenters. The molecule has 0 aliphatic carbocycles. The molecule has 1 aromatic rings. The van der Waals surface area contributed by atoms with Crippen molar-refractivity contribution in [3.63, 3.8) is 0 Å². The second-order valence-electron chi connectivity index (χ2n) is 5.27. The van der Waals surface area contributed by atoms with Gasteiger partial charge in [-0.05, 0) is 49.6 Å². The smallest absolute Gasteiger partial charge is 0.264 e. The molecule has 0 spiro atoms. The number of aliphatic hydroxyl groups is 1. The number of thiophene rings is 1. The molecule has 1 aliphatic heterocycles. The molecular weight excluding hydrogens is 246 g/mol. The van der Waals surface area contributed by atoms with Crippen LogP contribution < -0.4 is 0 Å². The molecule has 4 heteroatoms. The average molecular weight is 267 g/mol. The van der Waals surface area contributed by atoms with E-state index >= 15 is 0 Å². The summed E-state index contributed by atoms with van der Waals surface area (Å²) in [5.41, 5.74) is 0.527. The molecule has 2 rings (SSSR count). The van der Waals surface area contributed by atoms with E-state index in [1.807, 2.05) is 23.3 Å². The highest BCUT2D eigenvalue weighted by Crippen LogP contribution is 2.25. The van der Waals surface area contributed by atoms with Gasteiger partial charge in [-0.3, -0.25) is 4.79 Å². The summed E-state index contributed by atoms with van der Waals surface area (Å²) in [5, 5.41) is 12.0. The molecule has 3 nitrogen and oxygen atoms in total. The summed E-state index contributed by atoms with van der Waals surface area (Å²) < 4.78 is 0. The van der Waals surface area contributed by atoms with Crippen molar-refractivity contribution in [3.8, 4) is 0 Å². The highest BCUT2D eigenvalue weighted by Gasteiger charge is 2.28. The number of hydrogen-bond donors (Lipinski definition) is 1. The monoisotopic (exact) mass is 267 g/mol. The Bertz CT molecular complexity index is 425. The molecule has 0 radical (unpaired) electrons. The first kappa shape index (κ1) is 13.6. The van der Waals surface area contributed by atoms with Crippen LogP contribution in [0.2, 0.25) is 0 Å². The summed E-state index contributed by atoms with van der Waals surface area (Å²) in [5.74, 6) is 0.138. The summed E-state index contributed by atoms with van der Waals surface area (Å²) >= 11 is 1.53. The van der Waals surface area contributed by atoms with Crippen molar-refractivity contribution in [2.75, 3.05) is 13.1 Å². The molecule has 1 fully saturated rings. The molecule has 0 aromatic carbocycles. The Labute approximate surface area is 112 Å². The Morgan fingerprint density at radius 1 is 1.50 bits per heavy atom. The summed E-state index contributed by atoms with van der Waals surface area (Å²) in [6.07, 6.45) is 3.23. The molecule has 1 aromatic heterocycles. The minimum Gasteiger partial charge on any atom is -0.390 e. The predicted octanol–water partition coefficient (Wildman–Crippen LogP) is 2.69. The van der Waals surface area contributed by atoms with Gasteiger partial charge in [0.05, 0.1) is 10.5 Å². The lowest BCUT2D eigenvalue weighted by Gasteiger charge is -2.22. The number of carbonyl (C=O) groups excluding carboxylic acids is 1. The normalized spacial score (nSPS) is 24.9. The van der Waals surface area contributed by atoms with Crippen molar-refractivity contribution < 1.29 is 9.90 Å². The van der Waals surface area contributed by atoms with Gasteiger partial charge in [0.1, 0.15) is 0 Å². The zero-order valence-electron chi connectivity index (χ0n) is 11.1. The van der Waals surface area contributed by atoms with Gasteiger partial charge in [-0.15, -0.1) is 11.3 Å². The van der Waals surface area contributed by atoms with Crippen LogP contribution in [0.25, 0.3) is 0 Å². The zero-order valence-corrected chi connectivity index (χ0v) is 11.9. The molecule has 1 amide bonds. The SMILES string of the molecule is CCc1ccsc1C(=O)N1CCCC(C)(O)CC1. The van der Waals surface area contributed by atoms with E-state index in [2.05, 4.69) is 6.92 Å². The van der Waals surface area contributed by atoms with E-state index in [0.717, 1.165) is 36.2 Å². The van der Waals surface area contributed by atoms with Crippen LogP contribution in [0.5, 0.6) is 0 Å². The number of amides is 1. The average Bonchev–Trinajstić information content (AvgIpc) is 2.73. The van der Waals surface area contributed by atoms with Gasteiger partial charge in [0.2, 0.25) is 0 Å². The van der Waals surface area contributed by atoms with Crippen molar-refractivity contribution in [1.29, 1.82) is 0 Å². The molecule has 0 bridgehead atoms. The minimum absolute atomic E-state index is 0.138. The maximum absolute atomic E-state index is 12.5. The lowest BCUT2D eigenvalue weighted by molar-refractivity contribution is 0.0438. The highest BCUT2D eigenvalue weighted by molar-refractivity contribution is 7.12. The van der Waals surface area contributed by atoms with Crippen LogP contribution in [-0.2, 0) is 6.42 Å². The van der Waals surface area contributed by atoms with Crippen LogP contribution in [-0.4, -0.2) is 34.6 Å². The number of hydrogen-bond acceptors (Lipinski definition) is 3. The number of likely N-dealkylation sites (tertiary alicyclic amines) is 1. The van der Waals surface area contributed by atoms with Gasteiger partial charge in [-0.1, -0.05) is 6.92 Å². The molecular formula is C14H21NO2S. The van der Waals surface area contributed by atoms with Crippen LogP contribution in [0.3, 0.4) is 0 Å². The first-order valence-corrected chi connectivity index (χ1v) is 7.49. The molecule has 18 heavy (non-hydrogen) atoms. The van der Waals surface area contributed by atoms with Gasteiger partial charge in [-0.2, -0.15) is 0 Å². The zero-order chi connectivity index (χ0) is 13.2. The van der Waals surface area contributed by atoms with Gasteiger partial charge < -0.3 is 10.0 Å².